The normalized spacial score (nSPS) is 15.5. The molecule has 0 aromatic heterocycles. The number of nitrogens with one attached hydrogen (secondary N) is 2. The van der Waals surface area contributed by atoms with Crippen molar-refractivity contribution in [2.75, 3.05) is 13.2 Å². The van der Waals surface area contributed by atoms with Gasteiger partial charge in [-0.05, 0) is 37.5 Å². The van der Waals surface area contributed by atoms with Crippen LogP contribution in [0.3, 0.4) is 0 Å². The van der Waals surface area contributed by atoms with Crippen molar-refractivity contribution in [2.24, 2.45) is 5.92 Å². The summed E-state index contributed by atoms with van der Waals surface area (Å²) in [6, 6.07) is 8.19. The summed E-state index contributed by atoms with van der Waals surface area (Å²) in [6.07, 6.45) is 6.34. The van der Waals surface area contributed by atoms with Gasteiger partial charge >= 0.3 is 0 Å². The van der Waals surface area contributed by atoms with Crippen LogP contribution in [0.15, 0.2) is 24.3 Å². The molecule has 2 rings (SSSR count). The molecule has 1 atom stereocenters. The molecule has 6 nitrogen and oxygen atoms in total. The van der Waals surface area contributed by atoms with E-state index in [2.05, 4.69) is 10.6 Å². The molecule has 140 valence electrons. The summed E-state index contributed by atoms with van der Waals surface area (Å²) in [5.41, 5.74) is 0.456. The third kappa shape index (κ3) is 6.07. The van der Waals surface area contributed by atoms with Crippen molar-refractivity contribution in [3.8, 4) is 11.8 Å². The summed E-state index contributed by atoms with van der Waals surface area (Å²) >= 11 is 0. The van der Waals surface area contributed by atoms with Gasteiger partial charge in [-0.15, -0.1) is 0 Å². The quantitative estimate of drug-likeness (QED) is 0.700. The Bertz CT molecular complexity index is 648. The van der Waals surface area contributed by atoms with E-state index < -0.39 is 6.04 Å². The molecule has 0 aliphatic heterocycles. The van der Waals surface area contributed by atoms with Crippen molar-refractivity contribution in [3.63, 3.8) is 0 Å². The van der Waals surface area contributed by atoms with E-state index in [9.17, 15) is 9.59 Å². The van der Waals surface area contributed by atoms with Crippen LogP contribution in [-0.4, -0.2) is 31.0 Å². The lowest BCUT2D eigenvalue weighted by molar-refractivity contribution is -0.123. The van der Waals surface area contributed by atoms with E-state index in [0.717, 1.165) is 12.8 Å². The number of ether oxygens (including phenoxy) is 1. The number of nitrogens with zero attached hydrogens (tertiary/aromatic N) is 1. The number of hydrogen-bond acceptors (Lipinski definition) is 4. The molecule has 1 aromatic carbocycles. The van der Waals surface area contributed by atoms with E-state index in [1.165, 1.54) is 19.3 Å². The molecule has 6 heteroatoms. The second-order valence-electron chi connectivity index (χ2n) is 6.60. The van der Waals surface area contributed by atoms with Crippen LogP contribution in [0.4, 0.5) is 0 Å². The maximum Gasteiger partial charge on any atom is 0.252 e. The fourth-order valence-corrected chi connectivity index (χ4v) is 3.37. The molecule has 1 aliphatic carbocycles. The van der Waals surface area contributed by atoms with E-state index in [1.54, 1.807) is 24.3 Å². The summed E-state index contributed by atoms with van der Waals surface area (Å²) < 4.78 is 5.43. The van der Waals surface area contributed by atoms with Crippen molar-refractivity contribution >= 4 is 11.8 Å². The van der Waals surface area contributed by atoms with Gasteiger partial charge in [-0.1, -0.05) is 38.2 Å². The first-order valence-corrected chi connectivity index (χ1v) is 9.32. The van der Waals surface area contributed by atoms with Crippen molar-refractivity contribution in [1.29, 1.82) is 5.26 Å². The molecule has 0 saturated heterocycles. The minimum absolute atomic E-state index is 0.0598. The molecule has 26 heavy (non-hydrogen) atoms. The Morgan fingerprint density at radius 2 is 2.08 bits per heavy atom. The molecule has 2 amide bonds. The lowest BCUT2D eigenvalue weighted by Crippen LogP contribution is -2.48. The van der Waals surface area contributed by atoms with Crippen LogP contribution in [-0.2, 0) is 4.79 Å². The molecular weight excluding hydrogens is 330 g/mol. The lowest BCUT2D eigenvalue weighted by Gasteiger charge is -2.26. The molecular formula is C20H27N3O3. The molecule has 1 aliphatic rings. The van der Waals surface area contributed by atoms with Gasteiger partial charge in [0.05, 0.1) is 12.7 Å². The number of carbonyl (C=O) groups excluding carboxylic acids is 2. The highest BCUT2D eigenvalue weighted by atomic mass is 16.5. The average Bonchev–Trinajstić information content (AvgIpc) is 2.67. The van der Waals surface area contributed by atoms with Gasteiger partial charge < -0.3 is 15.4 Å². The minimum atomic E-state index is -0.630. The highest BCUT2D eigenvalue weighted by Crippen LogP contribution is 2.27. The molecule has 1 unspecified atom stereocenters. The Balaban J connectivity index is 2.06. The standard InChI is InChI=1S/C20H27N3O3/c1-2-26-17-10-6-9-16(14-17)19(24)23-18(20(25)22-12-11-21)13-15-7-4-3-5-8-15/h6,9-10,14-15,18H,2-5,7-8,12-13H2,1H3,(H,22,25)(H,23,24). The summed E-state index contributed by atoms with van der Waals surface area (Å²) in [6.45, 7) is 2.34. The first kappa shape index (κ1) is 19.8. The third-order valence-corrected chi connectivity index (χ3v) is 4.66. The van der Waals surface area contributed by atoms with Gasteiger partial charge in [0.15, 0.2) is 0 Å². The maximum atomic E-state index is 12.6. The highest BCUT2D eigenvalue weighted by molar-refractivity contribution is 5.97. The van der Waals surface area contributed by atoms with E-state index in [4.69, 9.17) is 10.00 Å². The second-order valence-corrected chi connectivity index (χ2v) is 6.60. The number of benzene rings is 1. The Kier molecular flexibility index (Phi) is 7.94. The van der Waals surface area contributed by atoms with Gasteiger partial charge in [-0.25, -0.2) is 0 Å². The van der Waals surface area contributed by atoms with E-state index in [-0.39, 0.29) is 18.4 Å². The largest absolute Gasteiger partial charge is 0.494 e. The van der Waals surface area contributed by atoms with Gasteiger partial charge in [-0.3, -0.25) is 9.59 Å². The zero-order valence-corrected chi connectivity index (χ0v) is 15.3. The molecule has 2 N–H and O–H groups in total. The van der Waals surface area contributed by atoms with Gasteiger partial charge in [-0.2, -0.15) is 5.26 Å². The maximum absolute atomic E-state index is 12.6. The van der Waals surface area contributed by atoms with Crippen molar-refractivity contribution in [1.82, 2.24) is 10.6 Å². The smallest absolute Gasteiger partial charge is 0.252 e. The Morgan fingerprint density at radius 1 is 1.31 bits per heavy atom. The zero-order valence-electron chi connectivity index (χ0n) is 15.3. The summed E-state index contributed by atoms with van der Waals surface area (Å²) in [4.78, 5) is 25.0. The first-order valence-electron chi connectivity index (χ1n) is 9.32. The number of amides is 2. The average molecular weight is 357 g/mol. The van der Waals surface area contributed by atoms with Crippen LogP contribution in [0.25, 0.3) is 0 Å². The van der Waals surface area contributed by atoms with E-state index in [0.29, 0.717) is 30.3 Å². The fourth-order valence-electron chi connectivity index (χ4n) is 3.37. The number of rotatable bonds is 8. The van der Waals surface area contributed by atoms with Crippen LogP contribution < -0.4 is 15.4 Å². The first-order chi connectivity index (χ1) is 12.6. The topological polar surface area (TPSA) is 91.2 Å². The summed E-state index contributed by atoms with van der Waals surface area (Å²) in [5, 5.41) is 14.1. The zero-order chi connectivity index (χ0) is 18.8. The lowest BCUT2D eigenvalue weighted by atomic mass is 9.84. The minimum Gasteiger partial charge on any atom is -0.494 e. The van der Waals surface area contributed by atoms with Crippen LogP contribution in [0.5, 0.6) is 5.75 Å². The predicted molar refractivity (Wildman–Crippen MR) is 98.7 cm³/mol. The fraction of sp³-hybridized carbons (Fsp3) is 0.550. The van der Waals surface area contributed by atoms with Crippen molar-refractivity contribution in [2.45, 2.75) is 51.5 Å². The Labute approximate surface area is 154 Å². The van der Waals surface area contributed by atoms with Crippen LogP contribution >= 0.6 is 0 Å². The van der Waals surface area contributed by atoms with E-state index >= 15 is 0 Å². The van der Waals surface area contributed by atoms with Gasteiger partial charge in [0.2, 0.25) is 5.91 Å². The van der Waals surface area contributed by atoms with Crippen LogP contribution in [0.2, 0.25) is 0 Å². The molecule has 1 aromatic rings. The van der Waals surface area contributed by atoms with Crippen LogP contribution in [0, 0.1) is 17.2 Å². The molecule has 0 bridgehead atoms. The van der Waals surface area contributed by atoms with Crippen LogP contribution in [0.1, 0.15) is 55.8 Å². The Morgan fingerprint density at radius 3 is 2.77 bits per heavy atom. The molecule has 0 heterocycles. The number of carbonyl (C=O) groups is 2. The molecule has 1 saturated carbocycles. The Hall–Kier alpha value is -2.55. The van der Waals surface area contributed by atoms with Gasteiger partial charge in [0, 0.05) is 5.56 Å². The monoisotopic (exact) mass is 357 g/mol. The highest BCUT2D eigenvalue weighted by Gasteiger charge is 2.26. The number of nitriles is 1. The van der Waals surface area contributed by atoms with Gasteiger partial charge in [0.1, 0.15) is 18.3 Å². The van der Waals surface area contributed by atoms with Gasteiger partial charge in [0.25, 0.3) is 5.91 Å². The summed E-state index contributed by atoms with van der Waals surface area (Å²) in [5.74, 6) is 0.445. The molecule has 0 spiro atoms. The molecule has 0 radical (unpaired) electrons. The van der Waals surface area contributed by atoms with E-state index in [1.807, 2.05) is 13.0 Å². The third-order valence-electron chi connectivity index (χ3n) is 4.66. The molecule has 1 fully saturated rings. The number of hydrogen-bond donors (Lipinski definition) is 2. The predicted octanol–water partition coefficient (Wildman–Crippen LogP) is 2.79. The second kappa shape index (κ2) is 10.4. The summed E-state index contributed by atoms with van der Waals surface area (Å²) in [7, 11) is 0. The van der Waals surface area contributed by atoms with Crippen molar-refractivity contribution in [3.05, 3.63) is 29.8 Å². The SMILES string of the molecule is CCOc1cccc(C(=O)NC(CC2CCCCC2)C(=O)NCC#N)c1. The van der Waals surface area contributed by atoms with Crippen molar-refractivity contribution < 1.29 is 14.3 Å².